The van der Waals surface area contributed by atoms with Crippen molar-refractivity contribution < 1.29 is 9.18 Å². The molecule has 1 atom stereocenters. The first-order valence-electron chi connectivity index (χ1n) is 9.15. The Bertz CT molecular complexity index is 850. The largest absolute Gasteiger partial charge is 0.341 e. The molecule has 2 fully saturated rings. The number of hydrogen-bond donors (Lipinski definition) is 1. The van der Waals surface area contributed by atoms with Crippen LogP contribution in [0.1, 0.15) is 38.6 Å². The van der Waals surface area contributed by atoms with Crippen molar-refractivity contribution in [3.63, 3.8) is 0 Å². The maximum absolute atomic E-state index is 13.3. The Kier molecular flexibility index (Phi) is 5.27. The van der Waals surface area contributed by atoms with Crippen molar-refractivity contribution in [2.45, 2.75) is 49.1 Å². The van der Waals surface area contributed by atoms with Crippen LogP contribution in [-0.4, -0.2) is 39.0 Å². The van der Waals surface area contributed by atoms with Gasteiger partial charge in [0.05, 0.1) is 10.3 Å². The van der Waals surface area contributed by atoms with Crippen LogP contribution in [0, 0.1) is 5.82 Å². The highest BCUT2D eigenvalue weighted by molar-refractivity contribution is 8.00. The Morgan fingerprint density at radius 1 is 1.33 bits per heavy atom. The van der Waals surface area contributed by atoms with E-state index in [1.165, 1.54) is 42.8 Å². The Morgan fingerprint density at radius 2 is 2.07 bits per heavy atom. The summed E-state index contributed by atoms with van der Waals surface area (Å²) >= 11 is 7.17. The average Bonchev–Trinajstić information content (AvgIpc) is 3.17. The zero-order valence-electron chi connectivity index (χ0n) is 15.0. The summed E-state index contributed by atoms with van der Waals surface area (Å²) in [6, 6.07) is 4.57. The standard InChI is InChI=1S/C18H21ClFN5OS/c1-11(16(26)21-12-4-7-15(20)14(19)10-12)27-18-23-22-17(24-8-2-3-9-24)25(18)13-5-6-13/h4,7,10-11,13H,2-3,5-6,8-9H2,1H3,(H,21,26). The summed E-state index contributed by atoms with van der Waals surface area (Å²) in [5.41, 5.74) is 0.472. The fourth-order valence-electron chi connectivity index (χ4n) is 3.16. The predicted octanol–water partition coefficient (Wildman–Crippen LogP) is 4.13. The van der Waals surface area contributed by atoms with E-state index in [1.54, 1.807) is 0 Å². The molecule has 27 heavy (non-hydrogen) atoms. The molecular weight excluding hydrogens is 389 g/mol. The zero-order valence-corrected chi connectivity index (χ0v) is 16.6. The number of nitrogens with one attached hydrogen (secondary N) is 1. The van der Waals surface area contributed by atoms with Crippen LogP contribution >= 0.6 is 23.4 Å². The first-order valence-corrected chi connectivity index (χ1v) is 10.4. The molecule has 144 valence electrons. The van der Waals surface area contributed by atoms with Gasteiger partial charge in [0.2, 0.25) is 11.9 Å². The minimum Gasteiger partial charge on any atom is -0.341 e. The fourth-order valence-corrected chi connectivity index (χ4v) is 4.26. The normalized spacial score (nSPS) is 18.0. The Labute approximate surface area is 166 Å². The third kappa shape index (κ3) is 4.06. The first-order chi connectivity index (χ1) is 13.0. The minimum absolute atomic E-state index is 0.0168. The fraction of sp³-hybridized carbons (Fsp3) is 0.500. The van der Waals surface area contributed by atoms with Gasteiger partial charge in [0, 0.05) is 24.8 Å². The number of anilines is 2. The number of rotatable bonds is 6. The number of carbonyl (C=O) groups excluding carboxylic acids is 1. The average molecular weight is 410 g/mol. The van der Waals surface area contributed by atoms with Crippen LogP contribution in [0.25, 0.3) is 0 Å². The van der Waals surface area contributed by atoms with E-state index in [2.05, 4.69) is 25.0 Å². The number of thioether (sulfide) groups is 1. The van der Waals surface area contributed by atoms with E-state index in [0.29, 0.717) is 11.7 Å². The van der Waals surface area contributed by atoms with Gasteiger partial charge in [-0.05, 0) is 50.8 Å². The van der Waals surface area contributed by atoms with Crippen molar-refractivity contribution in [2.75, 3.05) is 23.3 Å². The molecule has 1 unspecified atom stereocenters. The summed E-state index contributed by atoms with van der Waals surface area (Å²) in [5, 5.41) is 11.9. The van der Waals surface area contributed by atoms with Crippen molar-refractivity contribution in [3.8, 4) is 0 Å². The number of hydrogen-bond acceptors (Lipinski definition) is 5. The van der Waals surface area contributed by atoms with Crippen molar-refractivity contribution in [2.24, 2.45) is 0 Å². The molecule has 0 spiro atoms. The van der Waals surface area contributed by atoms with E-state index in [0.717, 1.165) is 37.0 Å². The van der Waals surface area contributed by atoms with Crippen LogP contribution in [0.3, 0.4) is 0 Å². The molecule has 1 aliphatic heterocycles. The molecular formula is C18H21ClFN5OS. The van der Waals surface area contributed by atoms with Gasteiger partial charge in [0.25, 0.3) is 0 Å². The quantitative estimate of drug-likeness (QED) is 0.727. The van der Waals surface area contributed by atoms with E-state index < -0.39 is 5.82 Å². The SMILES string of the molecule is CC(Sc1nnc(N2CCCC2)n1C1CC1)C(=O)Nc1ccc(F)c(Cl)c1. The highest BCUT2D eigenvalue weighted by Crippen LogP contribution is 2.42. The highest BCUT2D eigenvalue weighted by Gasteiger charge is 2.33. The van der Waals surface area contributed by atoms with Crippen molar-refractivity contribution in [1.82, 2.24) is 14.8 Å². The smallest absolute Gasteiger partial charge is 0.237 e. The summed E-state index contributed by atoms with van der Waals surface area (Å²) in [6.45, 7) is 3.85. The maximum atomic E-state index is 13.3. The van der Waals surface area contributed by atoms with Crippen molar-refractivity contribution in [3.05, 3.63) is 29.0 Å². The van der Waals surface area contributed by atoms with Crippen LogP contribution in [-0.2, 0) is 4.79 Å². The summed E-state index contributed by atoms with van der Waals surface area (Å²) in [6.07, 6.45) is 4.61. The lowest BCUT2D eigenvalue weighted by Crippen LogP contribution is -2.24. The Morgan fingerprint density at radius 3 is 2.74 bits per heavy atom. The zero-order chi connectivity index (χ0) is 19.0. The number of halogens is 2. The van der Waals surface area contributed by atoms with Crippen molar-refractivity contribution in [1.29, 1.82) is 0 Å². The molecule has 1 aromatic heterocycles. The molecule has 1 saturated heterocycles. The molecule has 1 aromatic carbocycles. The lowest BCUT2D eigenvalue weighted by molar-refractivity contribution is -0.115. The molecule has 6 nitrogen and oxygen atoms in total. The van der Waals surface area contributed by atoms with Gasteiger partial charge in [-0.3, -0.25) is 9.36 Å². The number of aromatic nitrogens is 3. The molecule has 0 bridgehead atoms. The monoisotopic (exact) mass is 409 g/mol. The molecule has 1 amide bonds. The third-order valence-electron chi connectivity index (χ3n) is 4.79. The van der Waals surface area contributed by atoms with Gasteiger partial charge in [-0.2, -0.15) is 0 Å². The lowest BCUT2D eigenvalue weighted by atomic mass is 10.3. The van der Waals surface area contributed by atoms with Crippen LogP contribution in [0.4, 0.5) is 16.0 Å². The van der Waals surface area contributed by atoms with Gasteiger partial charge in [0.1, 0.15) is 5.82 Å². The predicted molar refractivity (Wildman–Crippen MR) is 105 cm³/mol. The van der Waals surface area contributed by atoms with Crippen LogP contribution in [0.2, 0.25) is 5.02 Å². The molecule has 1 N–H and O–H groups in total. The third-order valence-corrected chi connectivity index (χ3v) is 6.13. The molecule has 2 aromatic rings. The van der Waals surface area contributed by atoms with Gasteiger partial charge in [-0.1, -0.05) is 23.4 Å². The van der Waals surface area contributed by atoms with E-state index in [-0.39, 0.29) is 16.2 Å². The van der Waals surface area contributed by atoms with Gasteiger partial charge >= 0.3 is 0 Å². The van der Waals surface area contributed by atoms with Gasteiger partial charge in [-0.25, -0.2) is 4.39 Å². The number of amides is 1. The van der Waals surface area contributed by atoms with E-state index in [1.807, 2.05) is 6.92 Å². The number of benzene rings is 1. The number of carbonyl (C=O) groups is 1. The Hall–Kier alpha value is -1.80. The molecule has 4 rings (SSSR count). The Balaban J connectivity index is 1.46. The van der Waals surface area contributed by atoms with Gasteiger partial charge in [0.15, 0.2) is 5.16 Å². The summed E-state index contributed by atoms with van der Waals surface area (Å²) in [7, 11) is 0. The number of nitrogens with zero attached hydrogens (tertiary/aromatic N) is 4. The second-order valence-corrected chi connectivity index (χ2v) is 8.67. The van der Waals surface area contributed by atoms with Gasteiger partial charge < -0.3 is 10.2 Å². The van der Waals surface area contributed by atoms with Crippen LogP contribution in [0.5, 0.6) is 0 Å². The van der Waals surface area contributed by atoms with E-state index >= 15 is 0 Å². The van der Waals surface area contributed by atoms with E-state index in [4.69, 9.17) is 11.6 Å². The minimum atomic E-state index is -0.510. The molecule has 1 aliphatic carbocycles. The molecule has 2 aliphatic rings. The lowest BCUT2D eigenvalue weighted by Gasteiger charge is -2.18. The van der Waals surface area contributed by atoms with Crippen LogP contribution < -0.4 is 10.2 Å². The second kappa shape index (κ2) is 7.67. The van der Waals surface area contributed by atoms with Gasteiger partial charge in [-0.15, -0.1) is 10.2 Å². The van der Waals surface area contributed by atoms with Crippen molar-refractivity contribution >= 4 is 40.9 Å². The van der Waals surface area contributed by atoms with Crippen LogP contribution in [0.15, 0.2) is 23.4 Å². The summed E-state index contributed by atoms with van der Waals surface area (Å²) < 4.78 is 15.5. The first kappa shape index (κ1) is 18.6. The molecule has 1 saturated carbocycles. The highest BCUT2D eigenvalue weighted by atomic mass is 35.5. The summed E-state index contributed by atoms with van der Waals surface area (Å²) in [5.74, 6) is 0.232. The second-order valence-electron chi connectivity index (χ2n) is 6.96. The molecule has 0 radical (unpaired) electrons. The molecule has 9 heteroatoms. The maximum Gasteiger partial charge on any atom is 0.237 e. The topological polar surface area (TPSA) is 63.1 Å². The summed E-state index contributed by atoms with van der Waals surface area (Å²) in [4.78, 5) is 14.8. The molecule has 2 heterocycles. The van der Waals surface area contributed by atoms with E-state index in [9.17, 15) is 9.18 Å².